The van der Waals surface area contributed by atoms with Crippen molar-refractivity contribution in [3.05, 3.63) is 29.1 Å². The topological polar surface area (TPSA) is 34.9 Å². The van der Waals surface area contributed by atoms with E-state index in [4.69, 9.17) is 11.6 Å². The highest BCUT2D eigenvalue weighted by Gasteiger charge is 2.11. The lowest BCUT2D eigenvalue weighted by Gasteiger charge is -2.08. The summed E-state index contributed by atoms with van der Waals surface area (Å²) in [6.07, 6.45) is 2.47. The van der Waals surface area contributed by atoms with Crippen LogP contribution in [0, 0.1) is 13.8 Å². The number of nitrogens with zero attached hydrogens (tertiary/aromatic N) is 2. The number of rotatable bonds is 5. The first kappa shape index (κ1) is 14.5. The fourth-order valence-corrected chi connectivity index (χ4v) is 2.78. The molecular weight excluding hydrogens is 280 g/mol. The summed E-state index contributed by atoms with van der Waals surface area (Å²) < 4.78 is 13.5. The summed E-state index contributed by atoms with van der Waals surface area (Å²) in [6.45, 7) is 4.93. The van der Waals surface area contributed by atoms with Gasteiger partial charge in [0, 0.05) is 41.7 Å². The Labute approximate surface area is 121 Å². The van der Waals surface area contributed by atoms with Gasteiger partial charge in [-0.05, 0) is 37.1 Å². The van der Waals surface area contributed by atoms with Crippen LogP contribution in [0.1, 0.15) is 17.0 Å². The van der Waals surface area contributed by atoms with E-state index in [9.17, 15) is 4.21 Å². The van der Waals surface area contributed by atoms with E-state index in [1.165, 1.54) is 11.1 Å². The molecule has 0 N–H and O–H groups in total. The van der Waals surface area contributed by atoms with Crippen LogP contribution < -0.4 is 0 Å². The first-order valence-corrected chi connectivity index (χ1v) is 8.61. The second-order valence-electron chi connectivity index (χ2n) is 4.82. The summed E-state index contributed by atoms with van der Waals surface area (Å²) in [5.74, 6) is 2.19. The number of fused-ring (bicyclic) bond motifs is 1. The maximum absolute atomic E-state index is 11.3. The molecule has 0 saturated heterocycles. The molecule has 2 rings (SSSR count). The van der Waals surface area contributed by atoms with Crippen molar-refractivity contribution in [2.24, 2.45) is 0 Å². The van der Waals surface area contributed by atoms with E-state index in [-0.39, 0.29) is 0 Å². The van der Waals surface area contributed by atoms with E-state index >= 15 is 0 Å². The minimum absolute atomic E-state index is 0.552. The first-order chi connectivity index (χ1) is 9.02. The van der Waals surface area contributed by atoms with Crippen molar-refractivity contribution in [1.29, 1.82) is 0 Å². The molecule has 0 amide bonds. The van der Waals surface area contributed by atoms with Gasteiger partial charge in [-0.3, -0.25) is 4.21 Å². The molecule has 5 heteroatoms. The molecule has 0 saturated carbocycles. The minimum Gasteiger partial charge on any atom is -0.327 e. The van der Waals surface area contributed by atoms with Gasteiger partial charge in [0.2, 0.25) is 0 Å². The molecule has 0 fully saturated rings. The van der Waals surface area contributed by atoms with Crippen LogP contribution in [0.2, 0.25) is 0 Å². The normalized spacial score (nSPS) is 13.1. The third kappa shape index (κ3) is 3.18. The van der Waals surface area contributed by atoms with Crippen molar-refractivity contribution in [2.75, 3.05) is 17.9 Å². The average Bonchev–Trinajstić information content (AvgIpc) is 2.65. The molecule has 1 unspecified atom stereocenters. The monoisotopic (exact) mass is 298 g/mol. The highest BCUT2D eigenvalue weighted by molar-refractivity contribution is 7.84. The van der Waals surface area contributed by atoms with Crippen LogP contribution in [0.4, 0.5) is 0 Å². The van der Waals surface area contributed by atoms with Gasteiger partial charge < -0.3 is 4.57 Å². The van der Waals surface area contributed by atoms with Crippen molar-refractivity contribution in [3.63, 3.8) is 0 Å². The average molecular weight is 299 g/mol. The quantitative estimate of drug-likeness (QED) is 0.796. The number of hydrogen-bond acceptors (Lipinski definition) is 2. The summed E-state index contributed by atoms with van der Waals surface area (Å²) >= 11 is 5.85. The predicted octanol–water partition coefficient (Wildman–Crippen LogP) is 2.81. The largest absolute Gasteiger partial charge is 0.327 e. The van der Waals surface area contributed by atoms with Crippen molar-refractivity contribution in [3.8, 4) is 0 Å². The Morgan fingerprint density at radius 3 is 2.63 bits per heavy atom. The van der Waals surface area contributed by atoms with E-state index < -0.39 is 10.8 Å². The van der Waals surface area contributed by atoms with Gasteiger partial charge in [0.25, 0.3) is 0 Å². The Bertz CT molecular complexity index is 621. The maximum atomic E-state index is 11.3. The van der Waals surface area contributed by atoms with Crippen molar-refractivity contribution in [1.82, 2.24) is 9.55 Å². The molecule has 0 aliphatic heterocycles. The summed E-state index contributed by atoms with van der Waals surface area (Å²) in [7, 11) is -0.797. The zero-order valence-corrected chi connectivity index (χ0v) is 13.1. The molecule has 0 aliphatic carbocycles. The van der Waals surface area contributed by atoms with Gasteiger partial charge in [0.1, 0.15) is 5.82 Å². The molecular formula is C14H19ClN2OS. The van der Waals surface area contributed by atoms with E-state index in [1.807, 2.05) is 0 Å². The number of benzene rings is 1. The molecule has 3 nitrogen and oxygen atoms in total. The molecule has 0 radical (unpaired) electrons. The Morgan fingerprint density at radius 2 is 2.00 bits per heavy atom. The summed E-state index contributed by atoms with van der Waals surface area (Å²) in [5, 5.41) is 0. The molecule has 0 bridgehead atoms. The van der Waals surface area contributed by atoms with E-state index in [0.717, 1.165) is 29.8 Å². The van der Waals surface area contributed by atoms with Gasteiger partial charge in [-0.1, -0.05) is 0 Å². The second-order valence-corrected chi connectivity index (χ2v) is 6.75. The third-order valence-corrected chi connectivity index (χ3v) is 4.31. The van der Waals surface area contributed by atoms with E-state index in [0.29, 0.717) is 11.6 Å². The minimum atomic E-state index is -0.797. The third-order valence-electron chi connectivity index (χ3n) is 3.36. The SMILES string of the molecule is Cc1cc2nc(CCCl)n(CCS(C)=O)c2cc1C. The summed E-state index contributed by atoms with van der Waals surface area (Å²) in [5.41, 5.74) is 4.62. The zero-order chi connectivity index (χ0) is 14.0. The van der Waals surface area contributed by atoms with Gasteiger partial charge in [-0.25, -0.2) is 4.98 Å². The van der Waals surface area contributed by atoms with Crippen LogP contribution in [-0.2, 0) is 23.8 Å². The smallest absolute Gasteiger partial charge is 0.111 e. The molecule has 1 aromatic heterocycles. The molecule has 0 aliphatic rings. The first-order valence-electron chi connectivity index (χ1n) is 6.35. The van der Waals surface area contributed by atoms with E-state index in [1.54, 1.807) is 6.26 Å². The standard InChI is InChI=1S/C14H19ClN2OS/c1-10-8-12-13(9-11(10)2)17(6-7-19(3)18)14(16-12)4-5-15/h8-9H,4-7H2,1-3H3. The molecule has 104 valence electrons. The lowest BCUT2D eigenvalue weighted by atomic mass is 10.1. The highest BCUT2D eigenvalue weighted by atomic mass is 35.5. The zero-order valence-electron chi connectivity index (χ0n) is 11.6. The molecule has 1 atom stereocenters. The fraction of sp³-hybridized carbons (Fsp3) is 0.500. The number of imidazole rings is 1. The van der Waals surface area contributed by atoms with Crippen molar-refractivity contribution >= 4 is 33.4 Å². The van der Waals surface area contributed by atoms with Gasteiger partial charge in [0.15, 0.2) is 0 Å². The van der Waals surface area contributed by atoms with Gasteiger partial charge in [0.05, 0.1) is 11.0 Å². The molecule has 2 aromatic rings. The number of halogens is 1. The Kier molecular flexibility index (Phi) is 4.63. The number of hydrogen-bond donors (Lipinski definition) is 0. The number of aryl methyl sites for hydroxylation is 4. The number of aromatic nitrogens is 2. The number of alkyl halides is 1. The Hall–Kier alpha value is -0.870. The van der Waals surface area contributed by atoms with Crippen LogP contribution in [0.15, 0.2) is 12.1 Å². The van der Waals surface area contributed by atoms with Gasteiger partial charge in [-0.15, -0.1) is 11.6 Å². The maximum Gasteiger partial charge on any atom is 0.111 e. The molecule has 1 heterocycles. The van der Waals surface area contributed by atoms with Crippen LogP contribution in [0.5, 0.6) is 0 Å². The summed E-state index contributed by atoms with van der Waals surface area (Å²) in [4.78, 5) is 4.66. The fourth-order valence-electron chi connectivity index (χ4n) is 2.17. The predicted molar refractivity (Wildman–Crippen MR) is 82.6 cm³/mol. The van der Waals surface area contributed by atoms with Crippen molar-refractivity contribution in [2.45, 2.75) is 26.8 Å². The lowest BCUT2D eigenvalue weighted by Crippen LogP contribution is -2.10. The van der Waals surface area contributed by atoms with Crippen LogP contribution >= 0.6 is 11.6 Å². The lowest BCUT2D eigenvalue weighted by molar-refractivity contribution is 0.674. The Morgan fingerprint density at radius 1 is 1.32 bits per heavy atom. The van der Waals surface area contributed by atoms with Crippen LogP contribution in [0.25, 0.3) is 11.0 Å². The Balaban J connectivity index is 2.51. The highest BCUT2D eigenvalue weighted by Crippen LogP contribution is 2.21. The molecule has 0 spiro atoms. The van der Waals surface area contributed by atoms with Crippen LogP contribution in [-0.4, -0.2) is 31.6 Å². The van der Waals surface area contributed by atoms with Crippen LogP contribution in [0.3, 0.4) is 0 Å². The molecule has 19 heavy (non-hydrogen) atoms. The van der Waals surface area contributed by atoms with Crippen molar-refractivity contribution < 1.29 is 4.21 Å². The van der Waals surface area contributed by atoms with E-state index in [2.05, 4.69) is 35.5 Å². The summed E-state index contributed by atoms with van der Waals surface area (Å²) in [6, 6.07) is 4.27. The molecule has 1 aromatic carbocycles. The van der Waals surface area contributed by atoms with Gasteiger partial charge in [-0.2, -0.15) is 0 Å². The van der Waals surface area contributed by atoms with Gasteiger partial charge >= 0.3 is 0 Å². The second kappa shape index (κ2) is 6.06.